The lowest BCUT2D eigenvalue weighted by Crippen LogP contribution is -1.92. The molecule has 24 heavy (non-hydrogen) atoms. The number of ether oxygens (including phenoxy) is 1. The molecule has 0 aliphatic carbocycles. The number of rotatable bonds is 9. The molecule has 2 rings (SSSR count). The van der Waals surface area contributed by atoms with E-state index in [2.05, 4.69) is 12.0 Å². The first-order valence-corrected chi connectivity index (χ1v) is 8.73. The van der Waals surface area contributed by atoms with Gasteiger partial charge >= 0.3 is 0 Å². The zero-order valence-electron chi connectivity index (χ0n) is 14.6. The zero-order chi connectivity index (χ0) is 17.2. The van der Waals surface area contributed by atoms with Gasteiger partial charge in [0.1, 0.15) is 11.4 Å². The van der Waals surface area contributed by atoms with Crippen LogP contribution in [0.25, 0.3) is 0 Å². The summed E-state index contributed by atoms with van der Waals surface area (Å²) in [5.74, 6) is 0.779. The second kappa shape index (κ2) is 9.71. The molecule has 4 heteroatoms. The number of nitrogens with zero attached hydrogens (tertiary/aromatic N) is 2. The number of unbranched alkanes of at least 4 members (excludes halogenated alkanes) is 3. The molecule has 0 aliphatic rings. The molecule has 0 unspecified atom stereocenters. The predicted molar refractivity (Wildman–Crippen MR) is 97.3 cm³/mol. The minimum Gasteiger partial charge on any atom is -0.594 e. The summed E-state index contributed by atoms with van der Waals surface area (Å²) in [6.45, 7) is 4.77. The summed E-state index contributed by atoms with van der Waals surface area (Å²) in [5, 5.41) is 16.2. The molecule has 0 saturated carbocycles. The van der Waals surface area contributed by atoms with E-state index in [-0.39, 0.29) is 0 Å². The van der Waals surface area contributed by atoms with E-state index in [0.717, 1.165) is 12.2 Å². The molecule has 4 nitrogen and oxygen atoms in total. The Labute approximate surface area is 144 Å². The molecular formula is C20H26N2O2. The smallest absolute Gasteiger partial charge is 0.244 e. The summed E-state index contributed by atoms with van der Waals surface area (Å²) in [6.07, 6.45) is 6.06. The molecule has 128 valence electrons. The van der Waals surface area contributed by atoms with Crippen molar-refractivity contribution in [3.63, 3.8) is 0 Å². The van der Waals surface area contributed by atoms with Gasteiger partial charge in [-0.3, -0.25) is 0 Å². The van der Waals surface area contributed by atoms with E-state index in [0.29, 0.717) is 22.8 Å². The Bertz CT molecular complexity index is 634. The van der Waals surface area contributed by atoms with Gasteiger partial charge in [0, 0.05) is 17.2 Å². The maximum atomic E-state index is 12.2. The fourth-order valence-electron chi connectivity index (χ4n) is 2.48. The molecular weight excluding hydrogens is 300 g/mol. The van der Waals surface area contributed by atoms with Crippen LogP contribution in [0, 0.1) is 5.21 Å². The summed E-state index contributed by atoms with van der Waals surface area (Å²) >= 11 is 0. The summed E-state index contributed by atoms with van der Waals surface area (Å²) in [4.78, 5) is 0.663. The first kappa shape index (κ1) is 18.0. The summed E-state index contributed by atoms with van der Waals surface area (Å²) in [6, 6.07) is 14.9. The van der Waals surface area contributed by atoms with Crippen LogP contribution in [0.15, 0.2) is 53.6 Å². The van der Waals surface area contributed by atoms with Crippen LogP contribution in [-0.4, -0.2) is 11.5 Å². The Morgan fingerprint density at radius 3 is 2.25 bits per heavy atom. The number of hydrogen-bond donors (Lipinski definition) is 0. The topological polar surface area (TPSA) is 47.7 Å². The van der Waals surface area contributed by atoms with Gasteiger partial charge in [0.05, 0.1) is 6.61 Å². The van der Waals surface area contributed by atoms with Crippen molar-refractivity contribution in [3.8, 4) is 5.75 Å². The van der Waals surface area contributed by atoms with Crippen LogP contribution in [0.5, 0.6) is 5.75 Å². The fraction of sp³-hybridized carbons (Fsp3) is 0.400. The van der Waals surface area contributed by atoms with Crippen LogP contribution in [0.1, 0.15) is 45.1 Å². The third-order valence-electron chi connectivity index (χ3n) is 3.83. The van der Waals surface area contributed by atoms with Crippen LogP contribution in [-0.2, 0) is 6.42 Å². The van der Waals surface area contributed by atoms with Crippen molar-refractivity contribution in [1.29, 1.82) is 0 Å². The molecule has 0 saturated heterocycles. The Hall–Kier alpha value is -2.36. The van der Waals surface area contributed by atoms with E-state index in [1.165, 1.54) is 31.2 Å². The van der Waals surface area contributed by atoms with E-state index in [4.69, 9.17) is 4.74 Å². The first-order valence-electron chi connectivity index (χ1n) is 8.73. The highest BCUT2D eigenvalue weighted by molar-refractivity contribution is 5.40. The molecule has 2 aromatic rings. The van der Waals surface area contributed by atoms with Crippen molar-refractivity contribution < 1.29 is 9.60 Å². The van der Waals surface area contributed by atoms with E-state index >= 15 is 0 Å². The van der Waals surface area contributed by atoms with Gasteiger partial charge in [0.15, 0.2) is 0 Å². The molecule has 0 radical (unpaired) electrons. The van der Waals surface area contributed by atoms with Gasteiger partial charge in [-0.05, 0) is 49.6 Å². The Kier molecular flexibility index (Phi) is 7.27. The highest BCUT2D eigenvalue weighted by atomic mass is 16.5. The van der Waals surface area contributed by atoms with Gasteiger partial charge in [-0.2, -0.15) is 0 Å². The molecule has 0 aliphatic heterocycles. The fourth-order valence-corrected chi connectivity index (χ4v) is 2.48. The SMILES string of the molecule is CCCCCCc1ccc([N+]([O-])=Nc2ccc(OCC)cc2)cc1. The highest BCUT2D eigenvalue weighted by Gasteiger charge is 2.05. The normalized spacial score (nSPS) is 11.5. The Balaban J connectivity index is 1.96. The van der Waals surface area contributed by atoms with Crippen molar-refractivity contribution in [2.45, 2.75) is 46.0 Å². The maximum Gasteiger partial charge on any atom is 0.244 e. The molecule has 2 aromatic carbocycles. The van der Waals surface area contributed by atoms with Crippen LogP contribution < -0.4 is 4.74 Å². The Morgan fingerprint density at radius 1 is 0.917 bits per heavy atom. The van der Waals surface area contributed by atoms with E-state index in [1.807, 2.05) is 43.3 Å². The molecule has 0 heterocycles. The molecule has 0 bridgehead atoms. The zero-order valence-corrected chi connectivity index (χ0v) is 14.6. The van der Waals surface area contributed by atoms with Crippen LogP contribution in [0.2, 0.25) is 0 Å². The largest absolute Gasteiger partial charge is 0.594 e. The number of azo groups is 1. The third kappa shape index (κ3) is 5.69. The number of aryl methyl sites for hydroxylation is 1. The molecule has 0 spiro atoms. The van der Waals surface area contributed by atoms with Gasteiger partial charge in [0.25, 0.3) is 0 Å². The van der Waals surface area contributed by atoms with Gasteiger partial charge in [-0.1, -0.05) is 43.2 Å². The van der Waals surface area contributed by atoms with Crippen molar-refractivity contribution in [3.05, 3.63) is 59.3 Å². The average molecular weight is 326 g/mol. The van der Waals surface area contributed by atoms with Gasteiger partial charge in [-0.25, -0.2) is 0 Å². The molecule has 0 N–H and O–H groups in total. The van der Waals surface area contributed by atoms with Crippen LogP contribution >= 0.6 is 0 Å². The second-order valence-corrected chi connectivity index (χ2v) is 5.78. The summed E-state index contributed by atoms with van der Waals surface area (Å²) in [7, 11) is 0. The van der Waals surface area contributed by atoms with E-state index in [1.54, 1.807) is 12.1 Å². The minimum absolute atomic E-state index is 0.543. The molecule has 0 atom stereocenters. The monoisotopic (exact) mass is 326 g/mol. The third-order valence-corrected chi connectivity index (χ3v) is 3.83. The van der Waals surface area contributed by atoms with E-state index in [9.17, 15) is 5.21 Å². The molecule has 0 aromatic heterocycles. The molecule has 0 fully saturated rings. The van der Waals surface area contributed by atoms with Crippen molar-refractivity contribution in [2.24, 2.45) is 5.11 Å². The maximum absolute atomic E-state index is 12.2. The van der Waals surface area contributed by atoms with Crippen molar-refractivity contribution in [1.82, 2.24) is 0 Å². The predicted octanol–water partition coefficient (Wildman–Crippen LogP) is 6.13. The number of hydrogen-bond acceptors (Lipinski definition) is 3. The van der Waals surface area contributed by atoms with Crippen LogP contribution in [0.3, 0.4) is 0 Å². The Morgan fingerprint density at radius 2 is 1.62 bits per heavy atom. The van der Waals surface area contributed by atoms with Gasteiger partial charge in [-0.15, -0.1) is 0 Å². The molecule has 0 amide bonds. The van der Waals surface area contributed by atoms with Crippen LogP contribution in [0.4, 0.5) is 11.4 Å². The minimum atomic E-state index is 0.543. The van der Waals surface area contributed by atoms with Crippen molar-refractivity contribution >= 4 is 11.4 Å². The van der Waals surface area contributed by atoms with Gasteiger partial charge in [0.2, 0.25) is 5.69 Å². The quantitative estimate of drug-likeness (QED) is 0.241. The van der Waals surface area contributed by atoms with Gasteiger partial charge < -0.3 is 9.94 Å². The lowest BCUT2D eigenvalue weighted by molar-refractivity contribution is -0.435. The lowest BCUT2D eigenvalue weighted by atomic mass is 10.1. The first-order chi connectivity index (χ1) is 11.7. The van der Waals surface area contributed by atoms with Crippen molar-refractivity contribution in [2.75, 3.05) is 6.61 Å². The van der Waals surface area contributed by atoms with E-state index < -0.39 is 0 Å². The average Bonchev–Trinajstić information content (AvgIpc) is 2.61. The standard InChI is InChI=1S/C20H26N2O2/c1-3-5-6-7-8-17-9-13-19(14-10-17)22(23)21-18-11-15-20(16-12-18)24-4-2/h9-16H,3-8H2,1-2H3. The summed E-state index contributed by atoms with van der Waals surface area (Å²) in [5.41, 5.74) is 2.42. The highest BCUT2D eigenvalue weighted by Crippen LogP contribution is 2.21. The summed E-state index contributed by atoms with van der Waals surface area (Å²) < 4.78 is 5.38. The lowest BCUT2D eigenvalue weighted by Gasteiger charge is -2.04. The second-order valence-electron chi connectivity index (χ2n) is 5.78. The number of benzene rings is 2.